The van der Waals surface area contributed by atoms with Crippen molar-refractivity contribution in [2.45, 2.75) is 32.0 Å². The highest BCUT2D eigenvalue weighted by molar-refractivity contribution is 6.05. The molecule has 2 aromatic carbocycles. The van der Waals surface area contributed by atoms with Crippen LogP contribution in [-0.4, -0.2) is 43.7 Å². The van der Waals surface area contributed by atoms with Gasteiger partial charge in [-0.05, 0) is 42.3 Å². The fraction of sp³-hybridized carbons (Fsp3) is 0.227. The molecule has 2 aliphatic heterocycles. The third-order valence-electron chi connectivity index (χ3n) is 5.44. The van der Waals surface area contributed by atoms with E-state index >= 15 is 0 Å². The minimum Gasteiger partial charge on any atom is -0.487 e. The summed E-state index contributed by atoms with van der Waals surface area (Å²) in [6, 6.07) is 14.2. The van der Waals surface area contributed by atoms with Crippen LogP contribution < -0.4 is 10.1 Å². The Hall–Kier alpha value is -4.01. The topological polar surface area (TPSA) is 106 Å². The second-order valence-corrected chi connectivity index (χ2v) is 7.50. The molecule has 9 heteroatoms. The van der Waals surface area contributed by atoms with Crippen molar-refractivity contribution in [3.05, 3.63) is 71.5 Å². The van der Waals surface area contributed by atoms with Gasteiger partial charge in [-0.15, -0.1) is 5.10 Å². The van der Waals surface area contributed by atoms with Gasteiger partial charge in [0.05, 0.1) is 11.9 Å². The molecule has 1 atom stereocenters. The Labute approximate surface area is 177 Å². The number of carbonyl (C=O) groups excluding carboxylic acids is 3. The van der Waals surface area contributed by atoms with Crippen LogP contribution in [0, 0.1) is 0 Å². The smallest absolute Gasteiger partial charge is 0.255 e. The van der Waals surface area contributed by atoms with Gasteiger partial charge in [0.25, 0.3) is 5.91 Å². The van der Waals surface area contributed by atoms with E-state index in [9.17, 15) is 14.4 Å². The molecule has 9 nitrogen and oxygen atoms in total. The van der Waals surface area contributed by atoms with Crippen LogP contribution in [0.2, 0.25) is 0 Å². The molecule has 1 aromatic heterocycles. The van der Waals surface area contributed by atoms with Crippen molar-refractivity contribution in [3.8, 4) is 11.4 Å². The highest BCUT2D eigenvalue weighted by atomic mass is 16.5. The number of aromatic nitrogens is 3. The number of carbonyl (C=O) groups is 3. The summed E-state index contributed by atoms with van der Waals surface area (Å²) in [5, 5.41) is 10.6. The number of rotatable bonds is 5. The Balaban J connectivity index is 1.31. The summed E-state index contributed by atoms with van der Waals surface area (Å²) in [5.41, 5.74) is 2.80. The van der Waals surface area contributed by atoms with E-state index in [4.69, 9.17) is 4.74 Å². The number of hydrogen-bond acceptors (Lipinski definition) is 6. The molecule has 1 saturated heterocycles. The van der Waals surface area contributed by atoms with Crippen molar-refractivity contribution in [1.82, 2.24) is 25.2 Å². The normalized spacial score (nSPS) is 18.1. The maximum atomic E-state index is 12.8. The summed E-state index contributed by atoms with van der Waals surface area (Å²) in [4.78, 5) is 37.9. The molecule has 2 aliphatic rings. The van der Waals surface area contributed by atoms with Crippen LogP contribution in [0.3, 0.4) is 0 Å². The second kappa shape index (κ2) is 7.67. The number of nitrogens with zero attached hydrogens (tertiary/aromatic N) is 4. The molecule has 3 heterocycles. The van der Waals surface area contributed by atoms with Crippen LogP contribution in [0.25, 0.3) is 5.69 Å². The highest BCUT2D eigenvalue weighted by Gasteiger charge is 2.39. The number of nitrogens with one attached hydrogen (secondary N) is 1. The van der Waals surface area contributed by atoms with E-state index in [1.165, 1.54) is 4.90 Å². The molecule has 0 saturated carbocycles. The number of ether oxygens (including phenoxy) is 1. The third-order valence-corrected chi connectivity index (χ3v) is 5.44. The van der Waals surface area contributed by atoms with Gasteiger partial charge in [-0.2, -0.15) is 0 Å². The van der Waals surface area contributed by atoms with E-state index in [0.29, 0.717) is 24.2 Å². The van der Waals surface area contributed by atoms with Crippen LogP contribution in [0.5, 0.6) is 5.75 Å². The van der Waals surface area contributed by atoms with E-state index in [1.807, 2.05) is 36.4 Å². The number of benzene rings is 2. The first kappa shape index (κ1) is 19.0. The summed E-state index contributed by atoms with van der Waals surface area (Å²) in [6.45, 7) is 0.601. The van der Waals surface area contributed by atoms with E-state index in [-0.39, 0.29) is 24.8 Å². The quantitative estimate of drug-likeness (QED) is 0.632. The largest absolute Gasteiger partial charge is 0.487 e. The van der Waals surface area contributed by atoms with E-state index in [0.717, 1.165) is 17.0 Å². The highest BCUT2D eigenvalue weighted by Crippen LogP contribution is 2.29. The van der Waals surface area contributed by atoms with Gasteiger partial charge in [0, 0.05) is 18.5 Å². The van der Waals surface area contributed by atoms with Crippen molar-refractivity contribution < 1.29 is 19.1 Å². The van der Waals surface area contributed by atoms with Crippen molar-refractivity contribution in [1.29, 1.82) is 0 Å². The average molecular weight is 417 g/mol. The van der Waals surface area contributed by atoms with Crippen molar-refractivity contribution in [2.75, 3.05) is 0 Å². The lowest BCUT2D eigenvalue weighted by Crippen LogP contribution is -2.52. The number of piperidine rings is 1. The van der Waals surface area contributed by atoms with Gasteiger partial charge < -0.3 is 9.64 Å². The molecule has 0 bridgehead atoms. The van der Waals surface area contributed by atoms with Gasteiger partial charge in [0.1, 0.15) is 24.1 Å². The Bertz CT molecular complexity index is 1170. The van der Waals surface area contributed by atoms with Crippen LogP contribution in [0.15, 0.2) is 54.7 Å². The third kappa shape index (κ3) is 3.65. The zero-order chi connectivity index (χ0) is 21.4. The van der Waals surface area contributed by atoms with E-state index in [2.05, 4.69) is 15.6 Å². The Morgan fingerprint density at radius 1 is 1.10 bits per heavy atom. The maximum Gasteiger partial charge on any atom is 0.255 e. The summed E-state index contributed by atoms with van der Waals surface area (Å²) < 4.78 is 7.33. The standard InChI is InChI=1S/C22H19N5O4/c28-20-9-8-19(21(29)23-20)26-11-14-10-16(6-7-18(14)22(26)30)27-12-15(24-25-27)13-31-17-4-2-1-3-5-17/h1-7,10,12,19H,8-9,11,13H2,(H,23,28,29). The minimum absolute atomic E-state index is 0.202. The Morgan fingerprint density at radius 3 is 2.74 bits per heavy atom. The zero-order valence-corrected chi connectivity index (χ0v) is 16.5. The van der Waals surface area contributed by atoms with Gasteiger partial charge in [0.2, 0.25) is 11.8 Å². The van der Waals surface area contributed by atoms with Crippen molar-refractivity contribution in [3.63, 3.8) is 0 Å². The zero-order valence-electron chi connectivity index (χ0n) is 16.5. The molecule has 1 fully saturated rings. The summed E-state index contributed by atoms with van der Waals surface area (Å²) in [7, 11) is 0. The molecular formula is C22H19N5O4. The molecule has 0 spiro atoms. The van der Waals surface area contributed by atoms with Gasteiger partial charge in [0.15, 0.2) is 0 Å². The molecule has 156 valence electrons. The number of hydrogen-bond donors (Lipinski definition) is 1. The molecule has 3 amide bonds. The van der Waals surface area contributed by atoms with Crippen LogP contribution >= 0.6 is 0 Å². The first-order valence-corrected chi connectivity index (χ1v) is 9.95. The molecule has 31 heavy (non-hydrogen) atoms. The fourth-order valence-electron chi connectivity index (χ4n) is 3.87. The van der Waals surface area contributed by atoms with Crippen LogP contribution in [0.1, 0.15) is 34.5 Å². The minimum atomic E-state index is -0.630. The lowest BCUT2D eigenvalue weighted by molar-refractivity contribution is -0.136. The Kier molecular flexibility index (Phi) is 4.70. The Morgan fingerprint density at radius 2 is 1.94 bits per heavy atom. The predicted molar refractivity (Wildman–Crippen MR) is 108 cm³/mol. The average Bonchev–Trinajstić information content (AvgIpc) is 3.38. The summed E-state index contributed by atoms with van der Waals surface area (Å²) in [5.74, 6) is -0.170. The number of para-hydroxylation sites is 1. The number of amides is 3. The molecule has 1 N–H and O–H groups in total. The molecule has 0 aliphatic carbocycles. The number of imide groups is 1. The van der Waals surface area contributed by atoms with Crippen molar-refractivity contribution >= 4 is 17.7 Å². The van der Waals surface area contributed by atoms with E-state index < -0.39 is 11.9 Å². The molecular weight excluding hydrogens is 398 g/mol. The van der Waals surface area contributed by atoms with Gasteiger partial charge in [-0.3, -0.25) is 19.7 Å². The fourth-order valence-corrected chi connectivity index (χ4v) is 3.87. The molecule has 3 aromatic rings. The second-order valence-electron chi connectivity index (χ2n) is 7.50. The van der Waals surface area contributed by atoms with E-state index in [1.54, 1.807) is 23.0 Å². The summed E-state index contributed by atoms with van der Waals surface area (Å²) in [6.07, 6.45) is 2.35. The SMILES string of the molecule is O=C1CCC(N2Cc3cc(-n4cc(COc5ccccc5)nn4)ccc3C2=O)C(=O)N1. The lowest BCUT2D eigenvalue weighted by atomic mass is 10.0. The van der Waals surface area contributed by atoms with Crippen molar-refractivity contribution in [2.24, 2.45) is 0 Å². The van der Waals surface area contributed by atoms with Gasteiger partial charge in [-0.1, -0.05) is 23.4 Å². The first-order valence-electron chi connectivity index (χ1n) is 9.95. The monoisotopic (exact) mass is 417 g/mol. The predicted octanol–water partition coefficient (Wildman–Crippen LogP) is 1.61. The lowest BCUT2D eigenvalue weighted by Gasteiger charge is -2.29. The van der Waals surface area contributed by atoms with Crippen LogP contribution in [-0.2, 0) is 22.7 Å². The molecule has 1 unspecified atom stereocenters. The number of fused-ring (bicyclic) bond motifs is 1. The molecule has 0 radical (unpaired) electrons. The summed E-state index contributed by atoms with van der Waals surface area (Å²) >= 11 is 0. The molecule has 5 rings (SSSR count). The van der Waals surface area contributed by atoms with Crippen LogP contribution in [0.4, 0.5) is 0 Å². The van der Waals surface area contributed by atoms with Gasteiger partial charge >= 0.3 is 0 Å². The first-order chi connectivity index (χ1) is 15.1. The van der Waals surface area contributed by atoms with Gasteiger partial charge in [-0.25, -0.2) is 4.68 Å². The maximum absolute atomic E-state index is 12.8.